The molecule has 0 atom stereocenters. The van der Waals surface area contributed by atoms with Crippen LogP contribution in [-0.2, 0) is 27.8 Å². The second kappa shape index (κ2) is 9.41. The lowest BCUT2D eigenvalue weighted by Gasteiger charge is -2.30. The summed E-state index contributed by atoms with van der Waals surface area (Å²) in [6, 6.07) is 14.8. The highest BCUT2D eigenvalue weighted by molar-refractivity contribution is 7.92. The maximum absolute atomic E-state index is 12.4. The number of nitrogens with zero attached hydrogens (tertiary/aromatic N) is 1. The fourth-order valence-corrected chi connectivity index (χ4v) is 4.12. The predicted molar refractivity (Wildman–Crippen MR) is 117 cm³/mol. The normalized spacial score (nSPS) is 15.8. The molecule has 0 unspecified atom stereocenters. The van der Waals surface area contributed by atoms with E-state index in [2.05, 4.69) is 21.9 Å². The quantitative estimate of drug-likeness (QED) is 0.726. The summed E-state index contributed by atoms with van der Waals surface area (Å²) in [7, 11) is -3.40. The molecule has 0 radical (unpaired) electrons. The van der Waals surface area contributed by atoms with Crippen molar-refractivity contribution < 1.29 is 13.2 Å². The molecule has 1 aliphatic heterocycles. The molecule has 7 heteroatoms. The first-order valence-corrected chi connectivity index (χ1v) is 11.8. The molecule has 0 saturated carbocycles. The van der Waals surface area contributed by atoms with Crippen LogP contribution >= 0.6 is 0 Å². The zero-order valence-electron chi connectivity index (χ0n) is 17.0. The van der Waals surface area contributed by atoms with E-state index >= 15 is 0 Å². The molecular formula is C22H29N3O3S. The lowest BCUT2D eigenvalue weighted by atomic mass is 9.99. The summed E-state index contributed by atoms with van der Waals surface area (Å²) in [6.45, 7) is 5.52. The molecule has 0 aromatic heterocycles. The maximum atomic E-state index is 12.4. The van der Waals surface area contributed by atoms with Crippen LogP contribution in [0.2, 0.25) is 0 Å². The molecule has 2 aromatic carbocycles. The number of anilines is 2. The Kier molecular flexibility index (Phi) is 6.92. The van der Waals surface area contributed by atoms with Crippen molar-refractivity contribution in [2.24, 2.45) is 5.92 Å². The van der Waals surface area contributed by atoms with Gasteiger partial charge in [-0.2, -0.15) is 0 Å². The first-order valence-electron chi connectivity index (χ1n) is 9.95. The topological polar surface area (TPSA) is 78.5 Å². The van der Waals surface area contributed by atoms with E-state index in [9.17, 15) is 13.2 Å². The zero-order valence-corrected chi connectivity index (χ0v) is 17.8. The summed E-state index contributed by atoms with van der Waals surface area (Å²) in [6.07, 6.45) is 3.69. The van der Waals surface area contributed by atoms with Crippen LogP contribution < -0.4 is 10.0 Å². The predicted octanol–water partition coefficient (Wildman–Crippen LogP) is 3.47. The Labute approximate surface area is 173 Å². The van der Waals surface area contributed by atoms with Gasteiger partial charge in [0, 0.05) is 12.2 Å². The van der Waals surface area contributed by atoms with Crippen LogP contribution in [0.5, 0.6) is 0 Å². The standard InChI is InChI=1S/C22H29N3O3S/c1-17-11-13-25(14-12-17)16-18-7-9-20(10-8-18)23-22(26)15-19-5-3-4-6-21(19)24-29(2,27)28/h3-10,17,24H,11-16H2,1-2H3,(H,23,26). The van der Waals surface area contributed by atoms with Gasteiger partial charge in [-0.25, -0.2) is 8.42 Å². The Bertz CT molecular complexity index is 934. The fraction of sp³-hybridized carbons (Fsp3) is 0.409. The van der Waals surface area contributed by atoms with E-state index in [0.717, 1.165) is 37.5 Å². The second-order valence-electron chi connectivity index (χ2n) is 7.91. The summed E-state index contributed by atoms with van der Waals surface area (Å²) in [5, 5.41) is 2.89. The van der Waals surface area contributed by atoms with Crippen molar-refractivity contribution in [2.45, 2.75) is 32.7 Å². The zero-order chi connectivity index (χ0) is 20.9. The molecule has 156 valence electrons. The number of likely N-dealkylation sites (tertiary alicyclic amines) is 1. The smallest absolute Gasteiger partial charge is 0.229 e. The lowest BCUT2D eigenvalue weighted by Crippen LogP contribution is -2.32. The molecule has 1 saturated heterocycles. The molecule has 2 N–H and O–H groups in total. The average molecular weight is 416 g/mol. The molecule has 0 aliphatic carbocycles. The van der Waals surface area contributed by atoms with E-state index in [1.165, 1.54) is 18.4 Å². The van der Waals surface area contributed by atoms with Crippen molar-refractivity contribution in [3.63, 3.8) is 0 Å². The third-order valence-corrected chi connectivity index (χ3v) is 5.77. The molecule has 1 fully saturated rings. The minimum absolute atomic E-state index is 0.0897. The monoisotopic (exact) mass is 415 g/mol. The molecule has 29 heavy (non-hydrogen) atoms. The first-order chi connectivity index (χ1) is 13.8. The highest BCUT2D eigenvalue weighted by Gasteiger charge is 2.16. The number of carbonyl (C=O) groups is 1. The Balaban J connectivity index is 1.56. The molecule has 0 bridgehead atoms. The average Bonchev–Trinajstić information content (AvgIpc) is 2.66. The SMILES string of the molecule is CC1CCN(Cc2ccc(NC(=O)Cc3ccccc3NS(C)(=O)=O)cc2)CC1. The number of amides is 1. The third kappa shape index (κ3) is 6.87. The molecule has 1 heterocycles. The van der Waals surface area contributed by atoms with Gasteiger partial charge in [0.05, 0.1) is 18.4 Å². The van der Waals surface area contributed by atoms with Crippen LogP contribution in [0.25, 0.3) is 0 Å². The van der Waals surface area contributed by atoms with E-state index in [4.69, 9.17) is 0 Å². The number of carbonyl (C=O) groups excluding carboxylic acids is 1. The molecule has 6 nitrogen and oxygen atoms in total. The molecule has 1 amide bonds. The summed E-state index contributed by atoms with van der Waals surface area (Å²) in [4.78, 5) is 14.9. The number of hydrogen-bond acceptors (Lipinski definition) is 4. The highest BCUT2D eigenvalue weighted by Crippen LogP contribution is 2.20. The summed E-state index contributed by atoms with van der Waals surface area (Å²) < 4.78 is 25.5. The van der Waals surface area contributed by atoms with Gasteiger partial charge >= 0.3 is 0 Å². The van der Waals surface area contributed by atoms with Crippen molar-refractivity contribution >= 4 is 27.3 Å². The van der Waals surface area contributed by atoms with E-state index in [-0.39, 0.29) is 12.3 Å². The number of hydrogen-bond donors (Lipinski definition) is 2. The van der Waals surface area contributed by atoms with Crippen LogP contribution in [0.1, 0.15) is 30.9 Å². The van der Waals surface area contributed by atoms with Gasteiger partial charge in [-0.3, -0.25) is 14.4 Å². The number of rotatable bonds is 7. The van der Waals surface area contributed by atoms with Crippen molar-refractivity contribution in [3.8, 4) is 0 Å². The van der Waals surface area contributed by atoms with E-state index in [1.807, 2.05) is 24.3 Å². The molecule has 3 rings (SSSR count). The van der Waals surface area contributed by atoms with E-state index in [0.29, 0.717) is 11.3 Å². The summed E-state index contributed by atoms with van der Waals surface area (Å²) in [5.74, 6) is 0.632. The fourth-order valence-electron chi connectivity index (χ4n) is 3.52. The van der Waals surface area contributed by atoms with Crippen molar-refractivity contribution in [1.29, 1.82) is 0 Å². The number of para-hydroxylation sites is 1. The number of nitrogens with one attached hydrogen (secondary N) is 2. The maximum Gasteiger partial charge on any atom is 0.229 e. The van der Waals surface area contributed by atoms with Gasteiger partial charge in [-0.05, 0) is 61.2 Å². The van der Waals surface area contributed by atoms with Gasteiger partial charge in [0.1, 0.15) is 0 Å². The minimum atomic E-state index is -3.40. The van der Waals surface area contributed by atoms with Crippen molar-refractivity contribution in [1.82, 2.24) is 4.90 Å². The number of piperidine rings is 1. The van der Waals surface area contributed by atoms with Gasteiger partial charge in [-0.15, -0.1) is 0 Å². The van der Waals surface area contributed by atoms with Crippen LogP contribution in [0, 0.1) is 5.92 Å². The second-order valence-corrected chi connectivity index (χ2v) is 9.66. The van der Waals surface area contributed by atoms with Gasteiger partial charge in [0.15, 0.2) is 0 Å². The summed E-state index contributed by atoms with van der Waals surface area (Å²) >= 11 is 0. The van der Waals surface area contributed by atoms with Crippen LogP contribution in [0.15, 0.2) is 48.5 Å². The summed E-state index contributed by atoms with van der Waals surface area (Å²) in [5.41, 5.74) is 3.03. The lowest BCUT2D eigenvalue weighted by molar-refractivity contribution is -0.115. The van der Waals surface area contributed by atoms with Gasteiger partial charge in [-0.1, -0.05) is 37.3 Å². The van der Waals surface area contributed by atoms with Crippen molar-refractivity contribution in [3.05, 3.63) is 59.7 Å². The Morgan fingerprint density at radius 1 is 1.07 bits per heavy atom. The first kappa shape index (κ1) is 21.3. The van der Waals surface area contributed by atoms with Gasteiger partial charge < -0.3 is 5.32 Å². The van der Waals surface area contributed by atoms with E-state index in [1.54, 1.807) is 24.3 Å². The van der Waals surface area contributed by atoms with Crippen LogP contribution in [0.4, 0.5) is 11.4 Å². The number of benzene rings is 2. The van der Waals surface area contributed by atoms with Crippen LogP contribution in [0.3, 0.4) is 0 Å². The molecular weight excluding hydrogens is 386 g/mol. The molecule has 2 aromatic rings. The van der Waals surface area contributed by atoms with E-state index < -0.39 is 10.0 Å². The largest absolute Gasteiger partial charge is 0.326 e. The third-order valence-electron chi connectivity index (χ3n) is 5.18. The minimum Gasteiger partial charge on any atom is -0.326 e. The Morgan fingerprint density at radius 3 is 2.38 bits per heavy atom. The van der Waals surface area contributed by atoms with Gasteiger partial charge in [0.2, 0.25) is 15.9 Å². The van der Waals surface area contributed by atoms with Crippen molar-refractivity contribution in [2.75, 3.05) is 29.4 Å². The molecule has 1 aliphatic rings. The number of sulfonamides is 1. The Morgan fingerprint density at radius 2 is 1.72 bits per heavy atom. The van der Waals surface area contributed by atoms with Crippen LogP contribution in [-0.4, -0.2) is 38.6 Å². The molecule has 0 spiro atoms. The van der Waals surface area contributed by atoms with Gasteiger partial charge in [0.25, 0.3) is 0 Å². The highest BCUT2D eigenvalue weighted by atomic mass is 32.2. The Hall–Kier alpha value is -2.38.